The quantitative estimate of drug-likeness (QED) is 0.798. The maximum Gasteiger partial charge on any atom is 0.159 e. The van der Waals surface area contributed by atoms with Gasteiger partial charge in [-0.1, -0.05) is 30.3 Å². The van der Waals surface area contributed by atoms with E-state index in [2.05, 4.69) is 27.3 Å². The van der Waals surface area contributed by atoms with Gasteiger partial charge in [-0.25, -0.2) is 9.97 Å². The Labute approximate surface area is 123 Å². The third kappa shape index (κ3) is 2.91. The van der Waals surface area contributed by atoms with E-state index in [0.29, 0.717) is 6.54 Å². The normalized spacial score (nSPS) is 10.6. The number of rotatable bonds is 4. The van der Waals surface area contributed by atoms with Gasteiger partial charge in [0.05, 0.1) is 24.3 Å². The van der Waals surface area contributed by atoms with Crippen LogP contribution in [0.3, 0.4) is 0 Å². The highest BCUT2D eigenvalue weighted by atomic mass is 15.3. The summed E-state index contributed by atoms with van der Waals surface area (Å²) in [5.74, 6) is 0.735. The Hall–Kier alpha value is -2.69. The van der Waals surface area contributed by atoms with E-state index in [-0.39, 0.29) is 0 Å². The van der Waals surface area contributed by atoms with Crippen LogP contribution in [0.4, 0.5) is 5.69 Å². The highest BCUT2D eigenvalue weighted by Crippen LogP contribution is 2.15. The Morgan fingerprint density at radius 2 is 1.76 bits per heavy atom. The average molecular weight is 279 g/mol. The van der Waals surface area contributed by atoms with Gasteiger partial charge in [0.15, 0.2) is 5.82 Å². The molecule has 0 saturated heterocycles. The summed E-state index contributed by atoms with van der Waals surface area (Å²) in [5.41, 5.74) is 4.25. The third-order valence-corrected chi connectivity index (χ3v) is 3.50. The van der Waals surface area contributed by atoms with Crippen LogP contribution in [-0.2, 0) is 13.6 Å². The Balaban J connectivity index is 1.69. The van der Waals surface area contributed by atoms with E-state index in [9.17, 15) is 0 Å². The maximum atomic E-state index is 4.39. The molecule has 0 amide bonds. The van der Waals surface area contributed by atoms with Gasteiger partial charge in [0.25, 0.3) is 0 Å². The first-order chi connectivity index (χ1) is 10.2. The lowest BCUT2D eigenvalue weighted by Gasteiger charge is -2.06. The zero-order valence-corrected chi connectivity index (χ0v) is 12.1. The van der Waals surface area contributed by atoms with Crippen LogP contribution in [0.5, 0.6) is 0 Å². The number of aryl methyl sites for hydroxylation is 1. The molecule has 0 unspecified atom stereocenters. The Bertz CT molecular complexity index is 716. The second kappa shape index (κ2) is 5.75. The van der Waals surface area contributed by atoms with Crippen molar-refractivity contribution in [2.75, 3.05) is 5.32 Å². The van der Waals surface area contributed by atoms with Gasteiger partial charge < -0.3 is 5.32 Å². The van der Waals surface area contributed by atoms with Crippen molar-refractivity contribution in [3.63, 3.8) is 0 Å². The molecule has 0 aliphatic rings. The van der Waals surface area contributed by atoms with E-state index in [1.54, 1.807) is 12.4 Å². The van der Waals surface area contributed by atoms with Crippen LogP contribution in [0.2, 0.25) is 0 Å². The summed E-state index contributed by atoms with van der Waals surface area (Å²) >= 11 is 0. The monoisotopic (exact) mass is 279 g/mol. The average Bonchev–Trinajstić information content (AvgIpc) is 2.86. The van der Waals surface area contributed by atoms with Gasteiger partial charge in [-0.3, -0.25) is 4.68 Å². The third-order valence-electron chi connectivity index (χ3n) is 3.50. The molecule has 0 aliphatic heterocycles. The number of nitrogens with zero attached hydrogens (tertiary/aromatic N) is 4. The molecule has 1 N–H and O–H groups in total. The lowest BCUT2D eigenvalue weighted by molar-refractivity contribution is 0.738. The predicted molar refractivity (Wildman–Crippen MR) is 82.7 cm³/mol. The molecule has 5 heteroatoms. The Kier molecular flexibility index (Phi) is 3.64. The van der Waals surface area contributed by atoms with E-state index in [1.165, 1.54) is 5.56 Å². The van der Waals surface area contributed by atoms with Gasteiger partial charge in [-0.15, -0.1) is 0 Å². The highest BCUT2D eigenvalue weighted by molar-refractivity contribution is 5.55. The summed E-state index contributed by atoms with van der Waals surface area (Å²) in [6, 6.07) is 9.95. The number of benzene rings is 1. The molecule has 0 radical (unpaired) electrons. The van der Waals surface area contributed by atoms with Crippen molar-refractivity contribution in [2.45, 2.75) is 13.5 Å². The molecule has 2 aromatic heterocycles. The van der Waals surface area contributed by atoms with Crippen LogP contribution >= 0.6 is 0 Å². The van der Waals surface area contributed by atoms with Crippen molar-refractivity contribution in [1.29, 1.82) is 0 Å². The second-order valence-corrected chi connectivity index (χ2v) is 4.89. The van der Waals surface area contributed by atoms with Gasteiger partial charge in [-0.05, 0) is 6.92 Å². The second-order valence-electron chi connectivity index (χ2n) is 4.89. The summed E-state index contributed by atoms with van der Waals surface area (Å²) < 4.78 is 1.87. The van der Waals surface area contributed by atoms with Crippen LogP contribution in [0.25, 0.3) is 11.4 Å². The first-order valence-electron chi connectivity index (χ1n) is 6.83. The summed E-state index contributed by atoms with van der Waals surface area (Å²) in [6.45, 7) is 2.77. The largest absolute Gasteiger partial charge is 0.378 e. The maximum absolute atomic E-state index is 4.39. The molecule has 0 saturated carbocycles. The minimum atomic E-state index is 0.716. The van der Waals surface area contributed by atoms with E-state index in [0.717, 1.165) is 22.8 Å². The minimum absolute atomic E-state index is 0.716. The summed E-state index contributed by atoms with van der Waals surface area (Å²) in [4.78, 5) is 8.79. The molecular formula is C16H17N5. The first-order valence-corrected chi connectivity index (χ1v) is 6.83. The Morgan fingerprint density at radius 3 is 2.38 bits per heavy atom. The molecule has 3 rings (SSSR count). The number of nitrogens with one attached hydrogen (secondary N) is 1. The molecule has 0 spiro atoms. The zero-order valence-electron chi connectivity index (χ0n) is 12.1. The summed E-state index contributed by atoms with van der Waals surface area (Å²) in [5, 5.41) is 7.54. The molecule has 0 bridgehead atoms. The van der Waals surface area contributed by atoms with Crippen LogP contribution in [0.1, 0.15) is 11.3 Å². The van der Waals surface area contributed by atoms with Gasteiger partial charge >= 0.3 is 0 Å². The highest BCUT2D eigenvalue weighted by Gasteiger charge is 2.04. The van der Waals surface area contributed by atoms with E-state index >= 15 is 0 Å². The van der Waals surface area contributed by atoms with Crippen molar-refractivity contribution in [1.82, 2.24) is 19.7 Å². The Morgan fingerprint density at radius 1 is 1.05 bits per heavy atom. The van der Waals surface area contributed by atoms with E-state index < -0.39 is 0 Å². The molecule has 5 nitrogen and oxygen atoms in total. The van der Waals surface area contributed by atoms with Crippen LogP contribution in [0, 0.1) is 6.92 Å². The standard InChI is InChI=1S/C16H17N5/c1-12-14(9-20-21(12)2)8-17-15-10-18-16(19-11-15)13-6-4-3-5-7-13/h3-7,9-11,17H,8H2,1-2H3. The summed E-state index contributed by atoms with van der Waals surface area (Å²) in [7, 11) is 1.94. The predicted octanol–water partition coefficient (Wildman–Crippen LogP) is 2.80. The first kappa shape index (κ1) is 13.3. The SMILES string of the molecule is Cc1c(CNc2cnc(-c3ccccc3)nc2)cnn1C. The molecule has 0 aliphatic carbocycles. The lowest BCUT2D eigenvalue weighted by atomic mass is 10.2. The smallest absolute Gasteiger partial charge is 0.159 e. The molecule has 0 atom stereocenters. The number of hydrogen-bond donors (Lipinski definition) is 1. The van der Waals surface area contributed by atoms with Crippen molar-refractivity contribution >= 4 is 5.69 Å². The number of anilines is 1. The fourth-order valence-corrected chi connectivity index (χ4v) is 2.07. The number of aromatic nitrogens is 4. The van der Waals surface area contributed by atoms with Crippen LogP contribution < -0.4 is 5.32 Å². The van der Waals surface area contributed by atoms with Crippen molar-refractivity contribution in [3.8, 4) is 11.4 Å². The summed E-state index contributed by atoms with van der Waals surface area (Å²) in [6.07, 6.45) is 5.49. The molecule has 2 heterocycles. The van der Waals surface area contributed by atoms with E-state index in [4.69, 9.17) is 0 Å². The molecular weight excluding hydrogens is 262 g/mol. The van der Waals surface area contributed by atoms with Gasteiger partial charge in [0.2, 0.25) is 0 Å². The lowest BCUT2D eigenvalue weighted by Crippen LogP contribution is -2.02. The topological polar surface area (TPSA) is 55.6 Å². The molecule has 106 valence electrons. The van der Waals surface area contributed by atoms with Gasteiger partial charge in [0, 0.05) is 30.4 Å². The minimum Gasteiger partial charge on any atom is -0.378 e. The van der Waals surface area contributed by atoms with Crippen LogP contribution in [0.15, 0.2) is 48.9 Å². The van der Waals surface area contributed by atoms with Gasteiger partial charge in [-0.2, -0.15) is 5.10 Å². The molecule has 0 fully saturated rings. The van der Waals surface area contributed by atoms with Crippen molar-refractivity contribution < 1.29 is 0 Å². The fraction of sp³-hybridized carbons (Fsp3) is 0.188. The molecule has 1 aromatic carbocycles. The molecule has 21 heavy (non-hydrogen) atoms. The van der Waals surface area contributed by atoms with Crippen molar-refractivity contribution in [3.05, 3.63) is 60.2 Å². The van der Waals surface area contributed by atoms with Gasteiger partial charge in [0.1, 0.15) is 0 Å². The zero-order chi connectivity index (χ0) is 14.7. The fourth-order valence-electron chi connectivity index (χ4n) is 2.07. The van der Waals surface area contributed by atoms with E-state index in [1.807, 2.05) is 48.3 Å². The number of hydrogen-bond acceptors (Lipinski definition) is 4. The van der Waals surface area contributed by atoms with Crippen LogP contribution in [-0.4, -0.2) is 19.7 Å². The molecule has 3 aromatic rings. The van der Waals surface area contributed by atoms with Crippen molar-refractivity contribution in [2.24, 2.45) is 7.05 Å².